The number of rotatable bonds is 6. The molecule has 38 heavy (non-hydrogen) atoms. The monoisotopic (exact) mass is 558 g/mol. The molecule has 0 radical (unpaired) electrons. The zero-order valence-corrected chi connectivity index (χ0v) is 21.7. The molecule has 1 aliphatic carbocycles. The number of nitrogens with zero attached hydrogens (tertiary/aromatic N) is 1. The molecule has 4 aromatic carbocycles. The van der Waals surface area contributed by atoms with Crippen LogP contribution < -0.4 is 9.62 Å². The number of alkyl halides is 3. The van der Waals surface area contributed by atoms with Crippen LogP contribution in [-0.2, 0) is 35.6 Å². The van der Waals surface area contributed by atoms with Crippen LogP contribution in [0.3, 0.4) is 0 Å². The number of sulfonamides is 1. The van der Waals surface area contributed by atoms with E-state index in [-0.39, 0.29) is 18.1 Å². The number of hydrogen-bond acceptors (Lipinski definition) is 3. The molecule has 1 amide bonds. The van der Waals surface area contributed by atoms with Crippen LogP contribution in [0.5, 0.6) is 0 Å². The van der Waals surface area contributed by atoms with Crippen molar-refractivity contribution < 1.29 is 26.4 Å². The lowest BCUT2D eigenvalue weighted by Gasteiger charge is -2.24. The Bertz CT molecular complexity index is 1660. The first-order valence-electron chi connectivity index (χ1n) is 11.7. The van der Waals surface area contributed by atoms with Crippen molar-refractivity contribution in [1.29, 1.82) is 0 Å². The molecule has 0 aliphatic heterocycles. The first-order chi connectivity index (χ1) is 17.9. The van der Waals surface area contributed by atoms with Gasteiger partial charge >= 0.3 is 6.18 Å². The Balaban J connectivity index is 1.37. The van der Waals surface area contributed by atoms with Crippen LogP contribution in [-0.4, -0.2) is 20.6 Å². The van der Waals surface area contributed by atoms with Gasteiger partial charge in [0.15, 0.2) is 0 Å². The summed E-state index contributed by atoms with van der Waals surface area (Å²) >= 11 is 5.69. The fourth-order valence-electron chi connectivity index (χ4n) is 4.76. The zero-order valence-electron chi connectivity index (χ0n) is 20.1. The SMILES string of the molecule is CS(=O)(=O)N(Cc1ccc(C(=O)Nc2ccc3c4c(cccc24)CC3)cc1)c1ccc(Cl)c(C(F)(F)F)c1. The molecule has 0 saturated carbocycles. The van der Waals surface area contributed by atoms with Gasteiger partial charge in [-0.05, 0) is 71.3 Å². The molecular weight excluding hydrogens is 537 g/mol. The number of benzene rings is 4. The van der Waals surface area contributed by atoms with E-state index in [1.54, 1.807) is 24.3 Å². The number of carbonyl (C=O) groups is 1. The average molecular weight is 559 g/mol. The first kappa shape index (κ1) is 26.1. The summed E-state index contributed by atoms with van der Waals surface area (Å²) in [6.45, 7) is -0.228. The fourth-order valence-corrected chi connectivity index (χ4v) is 5.87. The average Bonchev–Trinajstić information content (AvgIpc) is 3.28. The Hall–Kier alpha value is -3.56. The van der Waals surface area contributed by atoms with E-state index < -0.39 is 26.8 Å². The highest BCUT2D eigenvalue weighted by Gasteiger charge is 2.34. The third kappa shape index (κ3) is 5.08. The van der Waals surface area contributed by atoms with Gasteiger partial charge in [-0.1, -0.05) is 48.0 Å². The Morgan fingerprint density at radius 1 is 0.974 bits per heavy atom. The summed E-state index contributed by atoms with van der Waals surface area (Å²) in [5.74, 6) is -0.331. The van der Waals surface area contributed by atoms with Gasteiger partial charge in [-0.3, -0.25) is 9.10 Å². The van der Waals surface area contributed by atoms with Gasteiger partial charge in [0.2, 0.25) is 10.0 Å². The third-order valence-electron chi connectivity index (χ3n) is 6.61. The van der Waals surface area contributed by atoms with Gasteiger partial charge in [-0.25, -0.2) is 8.42 Å². The summed E-state index contributed by atoms with van der Waals surface area (Å²) in [4.78, 5) is 13.0. The van der Waals surface area contributed by atoms with Gasteiger partial charge in [0.05, 0.1) is 29.1 Å². The number of amides is 1. The minimum absolute atomic E-state index is 0.168. The van der Waals surface area contributed by atoms with Crippen molar-refractivity contribution in [3.8, 4) is 0 Å². The van der Waals surface area contributed by atoms with Crippen LogP contribution >= 0.6 is 11.6 Å². The van der Waals surface area contributed by atoms with Crippen LogP contribution in [0.2, 0.25) is 5.02 Å². The molecule has 0 atom stereocenters. The maximum Gasteiger partial charge on any atom is 0.417 e. The molecule has 0 aromatic heterocycles. The lowest BCUT2D eigenvalue weighted by atomic mass is 10.0. The van der Waals surface area contributed by atoms with E-state index in [0.717, 1.165) is 34.9 Å². The van der Waals surface area contributed by atoms with E-state index in [1.165, 1.54) is 22.6 Å². The van der Waals surface area contributed by atoms with Crippen LogP contribution in [0.15, 0.2) is 72.8 Å². The summed E-state index contributed by atoms with van der Waals surface area (Å²) in [7, 11) is -3.94. The predicted molar refractivity (Wildman–Crippen MR) is 143 cm³/mol. The van der Waals surface area contributed by atoms with Crippen molar-refractivity contribution in [2.75, 3.05) is 15.9 Å². The molecule has 196 valence electrons. The van der Waals surface area contributed by atoms with Gasteiger partial charge in [0.1, 0.15) is 0 Å². The van der Waals surface area contributed by atoms with Crippen molar-refractivity contribution in [1.82, 2.24) is 0 Å². The second-order valence-corrected chi connectivity index (χ2v) is 11.5. The topological polar surface area (TPSA) is 66.5 Å². The highest BCUT2D eigenvalue weighted by molar-refractivity contribution is 7.92. The molecular formula is C28H22ClF3N2O3S. The standard InChI is InChI=1S/C28H22ClF3N2O3S/c1-38(36,37)34(21-12-13-24(29)23(15-21)28(30,31)32)16-17-5-7-20(8-6-17)27(35)33-25-14-11-19-10-9-18-3-2-4-22(25)26(18)19/h2-8,11-15H,9-10,16H2,1H3,(H,33,35). The molecule has 0 saturated heterocycles. The minimum atomic E-state index is -4.74. The highest BCUT2D eigenvalue weighted by atomic mass is 35.5. The molecule has 5 nitrogen and oxygen atoms in total. The number of halogens is 4. The van der Waals surface area contributed by atoms with E-state index in [2.05, 4.69) is 11.4 Å². The van der Waals surface area contributed by atoms with E-state index in [1.807, 2.05) is 24.3 Å². The molecule has 4 aromatic rings. The second kappa shape index (κ2) is 9.63. The Labute approximate surface area is 222 Å². The van der Waals surface area contributed by atoms with E-state index >= 15 is 0 Å². The highest BCUT2D eigenvalue weighted by Crippen LogP contribution is 2.38. The molecule has 1 N–H and O–H groups in total. The van der Waals surface area contributed by atoms with Crippen LogP contribution in [0.25, 0.3) is 10.8 Å². The van der Waals surface area contributed by atoms with Crippen LogP contribution in [0.4, 0.5) is 24.5 Å². The lowest BCUT2D eigenvalue weighted by molar-refractivity contribution is -0.137. The quantitative estimate of drug-likeness (QED) is 0.282. The zero-order chi connectivity index (χ0) is 27.2. The van der Waals surface area contributed by atoms with Crippen LogP contribution in [0, 0.1) is 0 Å². The number of anilines is 2. The first-order valence-corrected chi connectivity index (χ1v) is 13.9. The summed E-state index contributed by atoms with van der Waals surface area (Å²) in [5.41, 5.74) is 2.77. The van der Waals surface area contributed by atoms with Crippen molar-refractivity contribution >= 4 is 49.7 Å². The Kier molecular flexibility index (Phi) is 6.61. The number of carbonyl (C=O) groups excluding carboxylic acids is 1. The van der Waals surface area contributed by atoms with Gasteiger partial charge in [0, 0.05) is 16.6 Å². The van der Waals surface area contributed by atoms with Crippen molar-refractivity contribution in [3.05, 3.63) is 106 Å². The van der Waals surface area contributed by atoms with E-state index in [4.69, 9.17) is 11.6 Å². The molecule has 0 heterocycles. The largest absolute Gasteiger partial charge is 0.417 e. The van der Waals surface area contributed by atoms with Gasteiger partial charge < -0.3 is 5.32 Å². The number of nitrogens with one attached hydrogen (secondary N) is 1. The fraction of sp³-hybridized carbons (Fsp3) is 0.179. The number of aryl methyl sites for hydroxylation is 2. The minimum Gasteiger partial charge on any atom is -0.321 e. The van der Waals surface area contributed by atoms with E-state index in [0.29, 0.717) is 22.9 Å². The predicted octanol–water partition coefficient (Wildman–Crippen LogP) is 6.83. The van der Waals surface area contributed by atoms with Crippen molar-refractivity contribution in [2.24, 2.45) is 0 Å². The Morgan fingerprint density at radius 2 is 1.66 bits per heavy atom. The summed E-state index contributed by atoms with van der Waals surface area (Å²) in [5, 5.41) is 4.59. The smallest absolute Gasteiger partial charge is 0.321 e. The molecule has 10 heteroatoms. The summed E-state index contributed by atoms with van der Waals surface area (Å²) in [6, 6.07) is 19.2. The molecule has 0 fully saturated rings. The molecule has 0 spiro atoms. The second-order valence-electron chi connectivity index (χ2n) is 9.19. The summed E-state index contributed by atoms with van der Waals surface area (Å²) in [6.07, 6.45) is -1.88. The maximum absolute atomic E-state index is 13.3. The molecule has 5 rings (SSSR count). The van der Waals surface area contributed by atoms with Crippen LogP contribution in [0.1, 0.15) is 32.6 Å². The molecule has 0 unspecified atom stereocenters. The maximum atomic E-state index is 13.3. The third-order valence-corrected chi connectivity index (χ3v) is 8.08. The van der Waals surface area contributed by atoms with Crippen molar-refractivity contribution in [2.45, 2.75) is 25.6 Å². The van der Waals surface area contributed by atoms with Gasteiger partial charge in [-0.15, -0.1) is 0 Å². The lowest BCUT2D eigenvalue weighted by Crippen LogP contribution is -2.29. The Morgan fingerprint density at radius 3 is 2.32 bits per heavy atom. The van der Waals surface area contributed by atoms with Gasteiger partial charge in [-0.2, -0.15) is 13.2 Å². The molecule has 1 aliphatic rings. The van der Waals surface area contributed by atoms with Crippen molar-refractivity contribution in [3.63, 3.8) is 0 Å². The van der Waals surface area contributed by atoms with E-state index in [9.17, 15) is 26.4 Å². The summed E-state index contributed by atoms with van der Waals surface area (Å²) < 4.78 is 65.8. The normalized spacial score (nSPS) is 13.1. The van der Waals surface area contributed by atoms with Gasteiger partial charge in [0.25, 0.3) is 5.91 Å². The molecule has 0 bridgehead atoms. The number of hydrogen-bond donors (Lipinski definition) is 1.